The molecule has 1 fully saturated rings. The van der Waals surface area contributed by atoms with Gasteiger partial charge in [0, 0.05) is 32.9 Å². The number of carbonyl (C=O) groups is 1. The fourth-order valence-electron chi connectivity index (χ4n) is 3.22. The van der Waals surface area contributed by atoms with Gasteiger partial charge in [0.15, 0.2) is 0 Å². The van der Waals surface area contributed by atoms with Crippen molar-refractivity contribution in [1.82, 2.24) is 19.6 Å². The van der Waals surface area contributed by atoms with Gasteiger partial charge in [0.1, 0.15) is 5.75 Å². The summed E-state index contributed by atoms with van der Waals surface area (Å²) in [5, 5.41) is 4.28. The third-order valence-corrected chi connectivity index (χ3v) is 4.68. The third kappa shape index (κ3) is 3.14. The number of carbonyl (C=O) groups excluding carboxylic acids is 1. The van der Waals surface area contributed by atoms with Gasteiger partial charge in [0.05, 0.1) is 24.4 Å². The van der Waals surface area contributed by atoms with Crippen molar-refractivity contribution in [3.63, 3.8) is 0 Å². The summed E-state index contributed by atoms with van der Waals surface area (Å²) < 4.78 is 6.92. The second kappa shape index (κ2) is 6.65. The van der Waals surface area contributed by atoms with Gasteiger partial charge in [-0.3, -0.25) is 14.4 Å². The lowest BCUT2D eigenvalue weighted by atomic mass is 10.0. The van der Waals surface area contributed by atoms with Crippen LogP contribution >= 0.6 is 0 Å². The van der Waals surface area contributed by atoms with E-state index in [1.807, 2.05) is 31.0 Å². The highest BCUT2D eigenvalue weighted by atomic mass is 16.5. The number of benzene rings is 1. The average Bonchev–Trinajstić information content (AvgIpc) is 2.93. The minimum atomic E-state index is 0.0622. The van der Waals surface area contributed by atoms with Crippen molar-refractivity contribution in [3.8, 4) is 5.75 Å². The third-order valence-electron chi connectivity index (χ3n) is 4.68. The molecule has 0 bridgehead atoms. The molecule has 0 N–H and O–H groups in total. The Bertz CT molecular complexity index is 723. The summed E-state index contributed by atoms with van der Waals surface area (Å²) in [6.45, 7) is 4.14. The molecule has 0 aliphatic carbocycles. The van der Waals surface area contributed by atoms with E-state index in [1.165, 1.54) is 5.56 Å². The number of piperazine rings is 1. The summed E-state index contributed by atoms with van der Waals surface area (Å²) in [6.07, 6.45) is 1.80. The molecule has 6 heteroatoms. The second-order valence-electron chi connectivity index (χ2n) is 6.32. The van der Waals surface area contributed by atoms with Crippen molar-refractivity contribution in [2.75, 3.05) is 33.8 Å². The summed E-state index contributed by atoms with van der Waals surface area (Å²) in [4.78, 5) is 17.1. The van der Waals surface area contributed by atoms with Crippen LogP contribution in [0.2, 0.25) is 0 Å². The molecular weight excluding hydrogens is 304 g/mol. The smallest absolute Gasteiger partial charge is 0.257 e. The van der Waals surface area contributed by atoms with E-state index in [-0.39, 0.29) is 11.9 Å². The summed E-state index contributed by atoms with van der Waals surface area (Å²) in [6, 6.07) is 8.27. The number of hydrogen-bond acceptors (Lipinski definition) is 4. The number of aryl methyl sites for hydroxylation is 2. The highest BCUT2D eigenvalue weighted by molar-refractivity contribution is 5.95. The fourth-order valence-corrected chi connectivity index (χ4v) is 3.22. The maximum atomic E-state index is 12.9. The predicted molar refractivity (Wildman–Crippen MR) is 92.2 cm³/mol. The van der Waals surface area contributed by atoms with Gasteiger partial charge in [-0.05, 0) is 31.7 Å². The minimum absolute atomic E-state index is 0.0622. The Morgan fingerprint density at radius 3 is 2.50 bits per heavy atom. The zero-order valence-electron chi connectivity index (χ0n) is 14.7. The lowest BCUT2D eigenvalue weighted by molar-refractivity contribution is 0.0545. The average molecular weight is 328 g/mol. The van der Waals surface area contributed by atoms with Gasteiger partial charge < -0.3 is 9.64 Å². The molecule has 1 amide bonds. The van der Waals surface area contributed by atoms with Crippen molar-refractivity contribution in [3.05, 3.63) is 47.3 Å². The molecule has 1 aliphatic heterocycles. The quantitative estimate of drug-likeness (QED) is 0.863. The summed E-state index contributed by atoms with van der Waals surface area (Å²) in [5.74, 6) is 0.906. The molecule has 2 heterocycles. The van der Waals surface area contributed by atoms with E-state index < -0.39 is 0 Å². The van der Waals surface area contributed by atoms with Gasteiger partial charge in [-0.25, -0.2) is 0 Å². The summed E-state index contributed by atoms with van der Waals surface area (Å²) >= 11 is 0. The molecule has 1 saturated heterocycles. The molecule has 6 nitrogen and oxygen atoms in total. The molecule has 3 rings (SSSR count). The number of ether oxygens (including phenoxy) is 1. The van der Waals surface area contributed by atoms with Gasteiger partial charge in [0.25, 0.3) is 5.91 Å². The van der Waals surface area contributed by atoms with E-state index in [1.54, 1.807) is 18.0 Å². The van der Waals surface area contributed by atoms with E-state index in [4.69, 9.17) is 4.74 Å². The highest BCUT2D eigenvalue weighted by Crippen LogP contribution is 2.26. The molecule has 1 aliphatic rings. The first kappa shape index (κ1) is 16.5. The molecule has 0 radical (unpaired) electrons. The van der Waals surface area contributed by atoms with Crippen LogP contribution in [0.4, 0.5) is 0 Å². The molecule has 0 spiro atoms. The van der Waals surface area contributed by atoms with Crippen LogP contribution < -0.4 is 4.74 Å². The first-order chi connectivity index (χ1) is 11.5. The Morgan fingerprint density at radius 1 is 1.21 bits per heavy atom. The Hall–Kier alpha value is -2.34. The number of likely N-dealkylation sites (N-methyl/N-ethyl adjacent to an activating group) is 1. The zero-order chi connectivity index (χ0) is 17.3. The maximum absolute atomic E-state index is 12.9. The number of nitrogens with zero attached hydrogens (tertiary/aromatic N) is 4. The Morgan fingerprint density at radius 2 is 1.92 bits per heavy atom. The minimum Gasteiger partial charge on any atom is -0.497 e. The zero-order valence-corrected chi connectivity index (χ0v) is 14.7. The standard InChI is InChI=1S/C18H24N4O2/c1-13-16(11-21(3)19-13)18(23)22-10-9-20(2)17(12-22)14-5-7-15(24-4)8-6-14/h5-8,11,17H,9-10,12H2,1-4H3/t17-/m1/s1. The molecule has 24 heavy (non-hydrogen) atoms. The van der Waals surface area contributed by atoms with E-state index >= 15 is 0 Å². The van der Waals surface area contributed by atoms with Crippen molar-refractivity contribution in [1.29, 1.82) is 0 Å². The second-order valence-corrected chi connectivity index (χ2v) is 6.32. The van der Waals surface area contributed by atoms with Crippen LogP contribution in [0.5, 0.6) is 5.75 Å². The Balaban J connectivity index is 1.79. The monoisotopic (exact) mass is 328 g/mol. The van der Waals surface area contributed by atoms with Crippen LogP contribution in [-0.4, -0.2) is 59.3 Å². The fraction of sp³-hybridized carbons (Fsp3) is 0.444. The van der Waals surface area contributed by atoms with Crippen molar-refractivity contribution < 1.29 is 9.53 Å². The van der Waals surface area contributed by atoms with Gasteiger partial charge >= 0.3 is 0 Å². The van der Waals surface area contributed by atoms with Crippen LogP contribution in [0.25, 0.3) is 0 Å². The maximum Gasteiger partial charge on any atom is 0.257 e. The van der Waals surface area contributed by atoms with Gasteiger partial charge in [-0.2, -0.15) is 5.10 Å². The molecule has 128 valence electrons. The Labute approximate surface area is 142 Å². The molecule has 0 unspecified atom stereocenters. The topological polar surface area (TPSA) is 50.6 Å². The van der Waals surface area contributed by atoms with E-state index in [9.17, 15) is 4.79 Å². The largest absolute Gasteiger partial charge is 0.497 e. The Kier molecular flexibility index (Phi) is 4.57. The van der Waals surface area contributed by atoms with Gasteiger partial charge in [-0.15, -0.1) is 0 Å². The number of methoxy groups -OCH3 is 1. The summed E-state index contributed by atoms with van der Waals surface area (Å²) in [5.41, 5.74) is 2.66. The number of hydrogen-bond donors (Lipinski definition) is 0. The molecule has 1 aromatic heterocycles. The van der Waals surface area contributed by atoms with Crippen LogP contribution in [0.15, 0.2) is 30.5 Å². The summed E-state index contributed by atoms with van der Waals surface area (Å²) in [7, 11) is 5.61. The van der Waals surface area contributed by atoms with Crippen LogP contribution in [-0.2, 0) is 7.05 Å². The normalized spacial score (nSPS) is 18.7. The molecular formula is C18H24N4O2. The first-order valence-corrected chi connectivity index (χ1v) is 8.13. The molecule has 0 saturated carbocycles. The van der Waals surface area contributed by atoms with E-state index in [2.05, 4.69) is 29.2 Å². The highest BCUT2D eigenvalue weighted by Gasteiger charge is 2.30. The van der Waals surface area contributed by atoms with E-state index in [0.717, 1.165) is 24.5 Å². The molecule has 1 atom stereocenters. The van der Waals surface area contributed by atoms with Crippen LogP contribution in [0, 0.1) is 6.92 Å². The number of aromatic nitrogens is 2. The SMILES string of the molecule is COc1ccc([C@H]2CN(C(=O)c3cn(C)nc3C)CCN2C)cc1. The van der Waals surface area contributed by atoms with Gasteiger partial charge in [-0.1, -0.05) is 12.1 Å². The number of amides is 1. The van der Waals surface area contributed by atoms with Crippen LogP contribution in [0.1, 0.15) is 27.7 Å². The molecule has 2 aromatic rings. The van der Waals surface area contributed by atoms with Crippen molar-refractivity contribution in [2.24, 2.45) is 7.05 Å². The lowest BCUT2D eigenvalue weighted by Crippen LogP contribution is -2.49. The van der Waals surface area contributed by atoms with Crippen molar-refractivity contribution >= 4 is 5.91 Å². The van der Waals surface area contributed by atoms with Crippen molar-refractivity contribution in [2.45, 2.75) is 13.0 Å². The number of rotatable bonds is 3. The molecule has 1 aromatic carbocycles. The van der Waals surface area contributed by atoms with E-state index in [0.29, 0.717) is 12.1 Å². The van der Waals surface area contributed by atoms with Gasteiger partial charge in [0.2, 0.25) is 0 Å². The predicted octanol–water partition coefficient (Wildman–Crippen LogP) is 1.87. The first-order valence-electron chi connectivity index (χ1n) is 8.13. The lowest BCUT2D eigenvalue weighted by Gasteiger charge is -2.39. The van der Waals surface area contributed by atoms with Crippen LogP contribution in [0.3, 0.4) is 0 Å².